The molecule has 1 unspecified atom stereocenters. The minimum Gasteiger partial charge on any atom is -0.508 e. The van der Waals surface area contributed by atoms with Gasteiger partial charge < -0.3 is 9.84 Å². The first kappa shape index (κ1) is 14.7. The molecule has 18 heavy (non-hydrogen) atoms. The molecular weight excluding hydrogens is 228 g/mol. The van der Waals surface area contributed by atoms with Gasteiger partial charge in [0, 0.05) is 12.0 Å². The number of carbonyl (C=O) groups excluding carboxylic acids is 1. The van der Waals surface area contributed by atoms with Gasteiger partial charge in [-0.25, -0.2) is 0 Å². The highest BCUT2D eigenvalue weighted by Gasteiger charge is 2.37. The standard InChI is InChI=1S/C15H22O3/c1-6-15(5)8-7-14(18-15)11(4)13(17)9-12(16)10(2)3/h6,9,11,14,16H,1-2,7-8H2,3-5H3/b12-9-/t11-,14-,15?/m0/s1. The third-order valence-corrected chi connectivity index (χ3v) is 3.50. The Morgan fingerprint density at radius 2 is 2.22 bits per heavy atom. The molecule has 3 heteroatoms. The summed E-state index contributed by atoms with van der Waals surface area (Å²) in [4.78, 5) is 12.0. The maximum atomic E-state index is 12.0. The van der Waals surface area contributed by atoms with E-state index < -0.39 is 0 Å². The first-order valence-electron chi connectivity index (χ1n) is 6.21. The molecule has 1 saturated heterocycles. The third kappa shape index (κ3) is 3.33. The smallest absolute Gasteiger partial charge is 0.164 e. The van der Waals surface area contributed by atoms with E-state index >= 15 is 0 Å². The monoisotopic (exact) mass is 250 g/mol. The molecule has 0 aromatic heterocycles. The van der Waals surface area contributed by atoms with Gasteiger partial charge in [-0.2, -0.15) is 0 Å². The summed E-state index contributed by atoms with van der Waals surface area (Å²) in [6.07, 6.45) is 4.60. The summed E-state index contributed by atoms with van der Waals surface area (Å²) in [7, 11) is 0. The highest BCUT2D eigenvalue weighted by molar-refractivity contribution is 5.92. The summed E-state index contributed by atoms with van der Waals surface area (Å²) in [5, 5.41) is 9.52. The van der Waals surface area contributed by atoms with Crippen LogP contribution in [0.15, 0.2) is 36.6 Å². The molecule has 3 nitrogen and oxygen atoms in total. The summed E-state index contributed by atoms with van der Waals surface area (Å²) < 4.78 is 5.85. The number of hydrogen-bond acceptors (Lipinski definition) is 3. The molecular formula is C15H22O3. The molecule has 1 rings (SSSR count). The predicted octanol–water partition coefficient (Wildman–Crippen LogP) is 3.33. The van der Waals surface area contributed by atoms with Gasteiger partial charge in [0.25, 0.3) is 0 Å². The van der Waals surface area contributed by atoms with Crippen molar-refractivity contribution >= 4 is 5.78 Å². The van der Waals surface area contributed by atoms with Crippen molar-refractivity contribution in [2.45, 2.75) is 45.3 Å². The lowest BCUT2D eigenvalue weighted by Gasteiger charge is -2.23. The van der Waals surface area contributed by atoms with E-state index in [4.69, 9.17) is 4.74 Å². The number of ether oxygens (including phenoxy) is 1. The lowest BCUT2D eigenvalue weighted by atomic mass is 9.95. The van der Waals surface area contributed by atoms with Gasteiger partial charge in [0.15, 0.2) is 5.78 Å². The maximum Gasteiger partial charge on any atom is 0.164 e. The second-order valence-electron chi connectivity index (χ2n) is 5.21. The molecule has 0 aromatic carbocycles. The van der Waals surface area contributed by atoms with Gasteiger partial charge in [0.2, 0.25) is 0 Å². The van der Waals surface area contributed by atoms with Gasteiger partial charge in [-0.3, -0.25) is 4.79 Å². The molecule has 1 fully saturated rings. The Kier molecular flexibility index (Phi) is 4.52. The van der Waals surface area contributed by atoms with Crippen LogP contribution in [0.25, 0.3) is 0 Å². The first-order valence-corrected chi connectivity index (χ1v) is 6.21. The molecule has 100 valence electrons. The maximum absolute atomic E-state index is 12.0. The van der Waals surface area contributed by atoms with Crippen LogP contribution in [-0.2, 0) is 9.53 Å². The van der Waals surface area contributed by atoms with Crippen LogP contribution >= 0.6 is 0 Å². The second-order valence-corrected chi connectivity index (χ2v) is 5.21. The van der Waals surface area contributed by atoms with Gasteiger partial charge in [0.1, 0.15) is 5.76 Å². The van der Waals surface area contributed by atoms with E-state index in [9.17, 15) is 9.90 Å². The van der Waals surface area contributed by atoms with E-state index in [-0.39, 0.29) is 29.2 Å². The average Bonchev–Trinajstić information content (AvgIpc) is 2.71. The zero-order valence-electron chi connectivity index (χ0n) is 11.4. The third-order valence-electron chi connectivity index (χ3n) is 3.50. The van der Waals surface area contributed by atoms with Crippen LogP contribution in [0.2, 0.25) is 0 Å². The number of aliphatic hydroxyl groups is 1. The summed E-state index contributed by atoms with van der Waals surface area (Å²) in [6, 6.07) is 0. The highest BCUT2D eigenvalue weighted by Crippen LogP contribution is 2.34. The fraction of sp³-hybridized carbons (Fsp3) is 0.533. The molecule has 0 spiro atoms. The van der Waals surface area contributed by atoms with Crippen molar-refractivity contribution in [2.24, 2.45) is 5.92 Å². The molecule has 0 saturated carbocycles. The molecule has 1 heterocycles. The fourth-order valence-electron chi connectivity index (χ4n) is 1.97. The van der Waals surface area contributed by atoms with Gasteiger partial charge >= 0.3 is 0 Å². The van der Waals surface area contributed by atoms with Crippen LogP contribution in [-0.4, -0.2) is 22.6 Å². The number of allylic oxidation sites excluding steroid dienone is 2. The minimum absolute atomic E-state index is 0.0590. The van der Waals surface area contributed by atoms with Gasteiger partial charge in [-0.05, 0) is 32.3 Å². The number of ketones is 1. The first-order chi connectivity index (χ1) is 8.29. The molecule has 0 aliphatic carbocycles. The Bertz CT molecular complexity index is 395. The Labute approximate surface area is 109 Å². The summed E-state index contributed by atoms with van der Waals surface area (Å²) in [5.74, 6) is -0.460. The molecule has 0 amide bonds. The fourth-order valence-corrected chi connectivity index (χ4v) is 1.97. The Morgan fingerprint density at radius 3 is 2.67 bits per heavy atom. The van der Waals surface area contributed by atoms with Crippen molar-refractivity contribution < 1.29 is 14.6 Å². The minimum atomic E-state index is -0.334. The van der Waals surface area contributed by atoms with E-state index in [1.165, 1.54) is 6.08 Å². The van der Waals surface area contributed by atoms with E-state index in [1.807, 2.05) is 13.8 Å². The zero-order valence-corrected chi connectivity index (χ0v) is 11.4. The van der Waals surface area contributed by atoms with Crippen LogP contribution in [0.4, 0.5) is 0 Å². The van der Waals surface area contributed by atoms with Gasteiger partial charge in [-0.1, -0.05) is 19.6 Å². The lowest BCUT2D eigenvalue weighted by molar-refractivity contribution is -0.123. The quantitative estimate of drug-likeness (QED) is 0.352. The van der Waals surface area contributed by atoms with Crippen molar-refractivity contribution in [1.29, 1.82) is 0 Å². The molecule has 1 aliphatic heterocycles. The van der Waals surface area contributed by atoms with Crippen molar-refractivity contribution in [3.63, 3.8) is 0 Å². The summed E-state index contributed by atoms with van der Waals surface area (Å²) in [6.45, 7) is 12.8. The molecule has 0 radical (unpaired) electrons. The number of carbonyl (C=O) groups is 1. The van der Waals surface area contributed by atoms with Crippen LogP contribution in [0, 0.1) is 5.92 Å². The largest absolute Gasteiger partial charge is 0.508 e. The lowest BCUT2D eigenvalue weighted by Crippen LogP contribution is -2.28. The Balaban J connectivity index is 2.69. The van der Waals surface area contributed by atoms with Crippen molar-refractivity contribution in [2.75, 3.05) is 0 Å². The van der Waals surface area contributed by atoms with E-state index in [0.717, 1.165) is 12.8 Å². The Hall–Kier alpha value is -1.35. The normalized spacial score (nSPS) is 29.9. The SMILES string of the molecule is C=CC1(C)CC[C@@H]([C@@H](C)C(=O)/C=C(\O)C(=C)C)O1. The van der Waals surface area contributed by atoms with E-state index in [1.54, 1.807) is 13.0 Å². The number of hydrogen-bond donors (Lipinski definition) is 1. The second kappa shape index (κ2) is 5.53. The molecule has 1 aliphatic rings. The highest BCUT2D eigenvalue weighted by atomic mass is 16.5. The van der Waals surface area contributed by atoms with Gasteiger partial charge in [-0.15, -0.1) is 6.58 Å². The van der Waals surface area contributed by atoms with Crippen LogP contribution in [0.1, 0.15) is 33.6 Å². The molecule has 1 N–H and O–H groups in total. The van der Waals surface area contributed by atoms with Gasteiger partial charge in [0.05, 0.1) is 11.7 Å². The van der Waals surface area contributed by atoms with E-state index in [0.29, 0.717) is 5.57 Å². The van der Waals surface area contributed by atoms with E-state index in [2.05, 4.69) is 13.2 Å². The zero-order chi connectivity index (χ0) is 13.9. The number of aliphatic hydroxyl groups excluding tert-OH is 1. The van der Waals surface area contributed by atoms with Crippen molar-refractivity contribution in [3.8, 4) is 0 Å². The van der Waals surface area contributed by atoms with Crippen LogP contribution in [0.5, 0.6) is 0 Å². The molecule has 0 aromatic rings. The predicted molar refractivity (Wildman–Crippen MR) is 72.4 cm³/mol. The van der Waals surface area contributed by atoms with Crippen LogP contribution < -0.4 is 0 Å². The Morgan fingerprint density at radius 1 is 1.61 bits per heavy atom. The summed E-state index contributed by atoms with van der Waals surface area (Å²) >= 11 is 0. The molecule has 3 atom stereocenters. The topological polar surface area (TPSA) is 46.5 Å². The number of rotatable bonds is 5. The summed E-state index contributed by atoms with van der Waals surface area (Å²) in [5.41, 5.74) is 0.151. The average molecular weight is 250 g/mol. The van der Waals surface area contributed by atoms with Crippen molar-refractivity contribution in [1.82, 2.24) is 0 Å². The molecule has 0 bridgehead atoms. The van der Waals surface area contributed by atoms with Crippen LogP contribution in [0.3, 0.4) is 0 Å². The van der Waals surface area contributed by atoms with Crippen molar-refractivity contribution in [3.05, 3.63) is 36.6 Å².